The zero-order chi connectivity index (χ0) is 15.8. The van der Waals surface area contributed by atoms with Crippen LogP contribution in [0.3, 0.4) is 0 Å². The predicted molar refractivity (Wildman–Crippen MR) is 78.5 cm³/mol. The highest BCUT2D eigenvalue weighted by Crippen LogP contribution is 2.23. The zero-order valence-electron chi connectivity index (χ0n) is 11.7. The van der Waals surface area contributed by atoms with Crippen LogP contribution in [0.15, 0.2) is 24.3 Å². The molecule has 118 valence electrons. The Bertz CT molecular complexity index is 710. The lowest BCUT2D eigenvalue weighted by atomic mass is 10.1. The van der Waals surface area contributed by atoms with E-state index in [2.05, 4.69) is 0 Å². The van der Waals surface area contributed by atoms with E-state index < -0.39 is 25.9 Å². The summed E-state index contributed by atoms with van der Waals surface area (Å²) in [4.78, 5) is 0. The Labute approximate surface area is 124 Å². The van der Waals surface area contributed by atoms with Crippen molar-refractivity contribution in [2.24, 2.45) is 5.92 Å². The van der Waals surface area contributed by atoms with Crippen LogP contribution in [0.2, 0.25) is 0 Å². The van der Waals surface area contributed by atoms with E-state index in [4.69, 9.17) is 0 Å². The van der Waals surface area contributed by atoms with E-state index in [-0.39, 0.29) is 24.8 Å². The van der Waals surface area contributed by atoms with Crippen molar-refractivity contribution in [2.45, 2.75) is 0 Å². The van der Waals surface area contributed by atoms with Gasteiger partial charge in [-0.2, -0.15) is 0 Å². The first-order chi connectivity index (χ1) is 9.59. The van der Waals surface area contributed by atoms with Crippen LogP contribution in [-0.2, 0) is 20.0 Å². The zero-order valence-corrected chi connectivity index (χ0v) is 13.4. The quantitative estimate of drug-likeness (QED) is 0.784. The Hall–Kier alpha value is -1.19. The molecular formula is C12H17FN2O4S2. The lowest BCUT2D eigenvalue weighted by molar-refractivity contribution is 0.221. The van der Waals surface area contributed by atoms with Crippen molar-refractivity contribution in [3.8, 4) is 0 Å². The molecule has 21 heavy (non-hydrogen) atoms. The van der Waals surface area contributed by atoms with E-state index in [1.807, 2.05) is 0 Å². The largest absolute Gasteiger partial charge is 0.273 e. The highest BCUT2D eigenvalue weighted by molar-refractivity contribution is 7.92. The second-order valence-electron chi connectivity index (χ2n) is 5.17. The molecule has 1 aliphatic heterocycles. The van der Waals surface area contributed by atoms with Crippen LogP contribution >= 0.6 is 0 Å². The van der Waals surface area contributed by atoms with Gasteiger partial charge in [0.05, 0.1) is 17.7 Å². The predicted octanol–water partition coefficient (Wildman–Crippen LogP) is 0.483. The van der Waals surface area contributed by atoms with Gasteiger partial charge in [0.1, 0.15) is 5.82 Å². The minimum absolute atomic E-state index is 0.132. The van der Waals surface area contributed by atoms with Crippen molar-refractivity contribution in [1.29, 1.82) is 0 Å². The molecule has 0 N–H and O–H groups in total. The normalized spacial score (nSPS) is 17.5. The van der Waals surface area contributed by atoms with Crippen molar-refractivity contribution in [1.82, 2.24) is 4.31 Å². The fourth-order valence-electron chi connectivity index (χ4n) is 2.12. The van der Waals surface area contributed by atoms with Crippen LogP contribution in [0.5, 0.6) is 0 Å². The second-order valence-corrected chi connectivity index (χ2v) is 9.20. The number of halogens is 1. The number of anilines is 1. The summed E-state index contributed by atoms with van der Waals surface area (Å²) in [5.74, 6) is -0.785. The molecule has 1 saturated heterocycles. The van der Waals surface area contributed by atoms with Gasteiger partial charge in [-0.15, -0.1) is 0 Å². The van der Waals surface area contributed by atoms with Crippen molar-refractivity contribution < 1.29 is 21.2 Å². The first-order valence-electron chi connectivity index (χ1n) is 6.27. The molecule has 2 rings (SSSR count). The first kappa shape index (κ1) is 16.2. The molecule has 0 amide bonds. The van der Waals surface area contributed by atoms with Crippen LogP contribution in [0.1, 0.15) is 0 Å². The highest BCUT2D eigenvalue weighted by Gasteiger charge is 2.37. The number of rotatable bonds is 5. The molecule has 0 bridgehead atoms. The Kier molecular flexibility index (Phi) is 4.27. The fourth-order valence-corrected chi connectivity index (χ4v) is 4.56. The molecule has 1 fully saturated rings. The number of hydrogen-bond donors (Lipinski definition) is 0. The van der Waals surface area contributed by atoms with Gasteiger partial charge in [-0.3, -0.25) is 4.31 Å². The third-order valence-electron chi connectivity index (χ3n) is 3.45. The van der Waals surface area contributed by atoms with Gasteiger partial charge >= 0.3 is 0 Å². The topological polar surface area (TPSA) is 74.8 Å². The maximum absolute atomic E-state index is 12.8. The summed E-state index contributed by atoms with van der Waals surface area (Å²) in [5, 5.41) is 0. The molecule has 0 aliphatic carbocycles. The van der Waals surface area contributed by atoms with Gasteiger partial charge in [0, 0.05) is 26.1 Å². The van der Waals surface area contributed by atoms with Gasteiger partial charge in [-0.1, -0.05) is 0 Å². The monoisotopic (exact) mass is 336 g/mol. The van der Waals surface area contributed by atoms with E-state index in [1.165, 1.54) is 35.6 Å². The summed E-state index contributed by atoms with van der Waals surface area (Å²) < 4.78 is 62.1. The lowest BCUT2D eigenvalue weighted by Crippen LogP contribution is -2.52. The number of benzene rings is 1. The average molecular weight is 336 g/mol. The van der Waals surface area contributed by atoms with Crippen LogP contribution in [0, 0.1) is 11.7 Å². The van der Waals surface area contributed by atoms with Gasteiger partial charge < -0.3 is 0 Å². The maximum atomic E-state index is 12.8. The third kappa shape index (κ3) is 3.72. The van der Waals surface area contributed by atoms with Gasteiger partial charge in [-0.05, 0) is 24.3 Å². The summed E-state index contributed by atoms with van der Waals surface area (Å²) >= 11 is 0. The van der Waals surface area contributed by atoms with E-state index in [0.29, 0.717) is 5.69 Å². The number of sulfonamides is 2. The molecule has 0 radical (unpaired) electrons. The van der Waals surface area contributed by atoms with E-state index in [0.717, 1.165) is 10.6 Å². The number of hydrogen-bond acceptors (Lipinski definition) is 4. The summed E-state index contributed by atoms with van der Waals surface area (Å²) in [5.41, 5.74) is 0.371. The molecule has 9 heteroatoms. The lowest BCUT2D eigenvalue weighted by Gasteiger charge is -2.37. The summed E-state index contributed by atoms with van der Waals surface area (Å²) in [6.45, 7) is 0.435. The highest BCUT2D eigenvalue weighted by atomic mass is 32.2. The minimum atomic E-state index is -3.57. The molecule has 0 spiro atoms. The summed E-state index contributed by atoms with van der Waals surface area (Å²) in [6, 6.07) is 5.15. The second kappa shape index (κ2) is 5.54. The Balaban J connectivity index is 2.01. The van der Waals surface area contributed by atoms with Crippen molar-refractivity contribution in [2.75, 3.05) is 36.5 Å². The molecule has 0 aromatic heterocycles. The van der Waals surface area contributed by atoms with Gasteiger partial charge in [-0.25, -0.2) is 25.5 Å². The molecule has 6 nitrogen and oxygen atoms in total. The van der Waals surface area contributed by atoms with Crippen molar-refractivity contribution in [3.63, 3.8) is 0 Å². The molecule has 1 heterocycles. The third-order valence-corrected chi connectivity index (χ3v) is 6.62. The molecule has 0 unspecified atom stereocenters. The number of nitrogens with zero attached hydrogens (tertiary/aromatic N) is 2. The Morgan fingerprint density at radius 1 is 1.19 bits per heavy atom. The molecule has 1 aliphatic rings. The van der Waals surface area contributed by atoms with Crippen LogP contribution in [0.25, 0.3) is 0 Å². The standard InChI is InChI=1S/C12H17FN2O4S2/c1-14(12-5-3-11(13)4-6-12)21(18,19)9-10-7-15(8-10)20(2,16)17/h3-6,10H,7-9H2,1-2H3. The molecule has 1 aromatic rings. The maximum Gasteiger partial charge on any atom is 0.235 e. The average Bonchev–Trinajstić information content (AvgIpc) is 2.32. The SMILES string of the molecule is CN(c1ccc(F)cc1)S(=O)(=O)CC1CN(S(C)(=O)=O)C1. The van der Waals surface area contributed by atoms with Crippen LogP contribution in [0.4, 0.5) is 10.1 Å². The van der Waals surface area contributed by atoms with E-state index in [1.54, 1.807) is 0 Å². The summed E-state index contributed by atoms with van der Waals surface area (Å²) in [6.07, 6.45) is 1.10. The van der Waals surface area contributed by atoms with E-state index in [9.17, 15) is 21.2 Å². The molecule has 0 atom stereocenters. The molecule has 0 saturated carbocycles. The molecule has 1 aromatic carbocycles. The van der Waals surface area contributed by atoms with Gasteiger partial charge in [0.15, 0.2) is 0 Å². The van der Waals surface area contributed by atoms with Gasteiger partial charge in [0.2, 0.25) is 20.0 Å². The van der Waals surface area contributed by atoms with Crippen molar-refractivity contribution in [3.05, 3.63) is 30.1 Å². The summed E-state index contributed by atoms with van der Waals surface area (Å²) in [7, 11) is -5.42. The molecular weight excluding hydrogens is 319 g/mol. The van der Waals surface area contributed by atoms with Gasteiger partial charge in [0.25, 0.3) is 0 Å². The first-order valence-corrected chi connectivity index (χ1v) is 9.72. The van der Waals surface area contributed by atoms with E-state index >= 15 is 0 Å². The van der Waals surface area contributed by atoms with Crippen LogP contribution in [-0.4, -0.2) is 53.3 Å². The Morgan fingerprint density at radius 2 is 1.71 bits per heavy atom. The fraction of sp³-hybridized carbons (Fsp3) is 0.500. The van der Waals surface area contributed by atoms with Crippen molar-refractivity contribution >= 4 is 25.7 Å². The van der Waals surface area contributed by atoms with Crippen LogP contribution < -0.4 is 4.31 Å². The minimum Gasteiger partial charge on any atom is -0.273 e. The Morgan fingerprint density at radius 3 is 2.19 bits per heavy atom. The smallest absolute Gasteiger partial charge is 0.235 e.